The van der Waals surface area contributed by atoms with E-state index in [-0.39, 0.29) is 0 Å². The number of carbonyl (C=O) groups is 1. The van der Waals surface area contributed by atoms with Gasteiger partial charge in [-0.3, -0.25) is 0 Å². The number of carboxylic acid groups (broad SMARTS) is 1. The van der Waals surface area contributed by atoms with Crippen molar-refractivity contribution in [2.45, 2.75) is 13.8 Å². The van der Waals surface area contributed by atoms with Gasteiger partial charge in [-0.2, -0.15) is 24.5 Å². The Kier molecular flexibility index (Phi) is 5.26. The number of fused-ring (bicyclic) bond motifs is 1. The highest BCUT2D eigenvalue weighted by Gasteiger charge is 2.21. The molecule has 0 radical (unpaired) electrons. The maximum Gasteiger partial charge on any atom is 0.432 e. The summed E-state index contributed by atoms with van der Waals surface area (Å²) in [5, 5.41) is 23.1. The summed E-state index contributed by atoms with van der Waals surface area (Å²) in [5.74, 6) is 1.51. The van der Waals surface area contributed by atoms with Gasteiger partial charge in [-0.15, -0.1) is 0 Å². The molecule has 0 saturated carbocycles. The molecule has 1 aliphatic heterocycles. The summed E-state index contributed by atoms with van der Waals surface area (Å²) in [5.41, 5.74) is 5.20. The van der Waals surface area contributed by atoms with Gasteiger partial charge in [-0.25, -0.2) is 14.5 Å². The second kappa shape index (κ2) is 8.61. The maximum absolute atomic E-state index is 11.5. The average Bonchev–Trinajstić information content (AvgIpc) is 3.62. The van der Waals surface area contributed by atoms with Crippen LogP contribution in [0, 0.1) is 13.8 Å². The Hall–Kier alpha value is -4.51. The van der Waals surface area contributed by atoms with Crippen molar-refractivity contribution in [3.8, 4) is 28.5 Å². The molecule has 5 heterocycles. The SMILES string of the molecule is Cc1cccc(-c2ccn(-c3cc(N4CCOCC4)n4nc(-c5cc(C)n(C(=O)O)n5)cc4n3)n2)c1. The molecule has 4 aromatic heterocycles. The number of hydrogen-bond donors (Lipinski definition) is 1. The number of aromatic nitrogens is 7. The van der Waals surface area contributed by atoms with Crippen LogP contribution in [0.4, 0.5) is 10.6 Å². The Bertz CT molecular complexity index is 1590. The van der Waals surface area contributed by atoms with E-state index in [1.807, 2.05) is 36.5 Å². The second-order valence-corrected chi connectivity index (χ2v) is 8.75. The summed E-state index contributed by atoms with van der Waals surface area (Å²) >= 11 is 0. The van der Waals surface area contributed by atoms with Gasteiger partial charge in [0.15, 0.2) is 11.5 Å². The summed E-state index contributed by atoms with van der Waals surface area (Å²) in [7, 11) is 0. The number of aryl methyl sites for hydroxylation is 2. The van der Waals surface area contributed by atoms with Crippen molar-refractivity contribution in [1.29, 1.82) is 0 Å². The first kappa shape index (κ1) is 22.0. The van der Waals surface area contributed by atoms with Crippen LogP contribution in [0.25, 0.3) is 34.1 Å². The number of ether oxygens (including phenoxy) is 1. The van der Waals surface area contributed by atoms with E-state index < -0.39 is 6.09 Å². The Labute approximate surface area is 206 Å². The summed E-state index contributed by atoms with van der Waals surface area (Å²) < 4.78 is 10.0. The third kappa shape index (κ3) is 3.89. The minimum atomic E-state index is -1.14. The molecule has 1 saturated heterocycles. The van der Waals surface area contributed by atoms with Gasteiger partial charge in [0, 0.05) is 42.7 Å². The second-order valence-electron chi connectivity index (χ2n) is 8.75. The Balaban J connectivity index is 1.46. The summed E-state index contributed by atoms with van der Waals surface area (Å²) in [6, 6.07) is 15.7. The minimum Gasteiger partial charge on any atom is -0.463 e. The predicted octanol–water partition coefficient (Wildman–Crippen LogP) is 3.43. The lowest BCUT2D eigenvalue weighted by Crippen LogP contribution is -2.37. The molecule has 0 spiro atoms. The molecule has 1 aliphatic rings. The summed E-state index contributed by atoms with van der Waals surface area (Å²) in [4.78, 5) is 18.5. The van der Waals surface area contributed by atoms with Crippen LogP contribution in [-0.4, -0.2) is 71.7 Å². The third-order valence-electron chi connectivity index (χ3n) is 6.20. The normalized spacial score (nSPS) is 14.0. The van der Waals surface area contributed by atoms with E-state index in [1.54, 1.807) is 22.2 Å². The molecule has 11 heteroatoms. The predicted molar refractivity (Wildman–Crippen MR) is 133 cm³/mol. The van der Waals surface area contributed by atoms with Crippen LogP contribution >= 0.6 is 0 Å². The van der Waals surface area contributed by atoms with Gasteiger partial charge in [0.1, 0.15) is 17.2 Å². The molecule has 1 N–H and O–H groups in total. The topological polar surface area (TPSA) is 116 Å². The number of morpholine rings is 1. The molecule has 11 nitrogen and oxygen atoms in total. The standard InChI is InChI=1S/C25H24N8O3/c1-16-4-3-5-18(12-16)19-6-7-31(27-19)22-15-24(30-8-10-36-11-9-30)33-23(26-22)14-21(29-33)20-13-17(2)32(28-20)25(34)35/h3-7,12-15H,8-11H2,1-2H3,(H,34,35). The number of nitrogens with zero attached hydrogens (tertiary/aromatic N) is 8. The van der Waals surface area contributed by atoms with Crippen LogP contribution in [0.5, 0.6) is 0 Å². The molecule has 1 aromatic carbocycles. The zero-order chi connectivity index (χ0) is 24.8. The molecular formula is C25H24N8O3. The van der Waals surface area contributed by atoms with E-state index in [0.717, 1.165) is 21.8 Å². The number of benzene rings is 1. The Morgan fingerprint density at radius 1 is 0.944 bits per heavy atom. The lowest BCUT2D eigenvalue weighted by Gasteiger charge is -2.29. The van der Waals surface area contributed by atoms with E-state index in [0.29, 0.717) is 54.9 Å². The largest absolute Gasteiger partial charge is 0.463 e. The molecule has 36 heavy (non-hydrogen) atoms. The van der Waals surface area contributed by atoms with E-state index in [1.165, 1.54) is 5.56 Å². The molecule has 0 amide bonds. The fourth-order valence-electron chi connectivity index (χ4n) is 4.41. The van der Waals surface area contributed by atoms with Crippen LogP contribution in [0.2, 0.25) is 0 Å². The molecule has 0 bridgehead atoms. The van der Waals surface area contributed by atoms with Gasteiger partial charge < -0.3 is 14.7 Å². The van der Waals surface area contributed by atoms with Crippen molar-refractivity contribution in [3.63, 3.8) is 0 Å². The van der Waals surface area contributed by atoms with Gasteiger partial charge in [-0.1, -0.05) is 23.8 Å². The van der Waals surface area contributed by atoms with E-state index in [2.05, 4.69) is 29.1 Å². The molecule has 6 rings (SSSR count). The maximum atomic E-state index is 11.5. The molecule has 5 aromatic rings. The van der Waals surface area contributed by atoms with Crippen molar-refractivity contribution in [2.24, 2.45) is 0 Å². The first-order chi connectivity index (χ1) is 17.5. The van der Waals surface area contributed by atoms with Crippen molar-refractivity contribution in [3.05, 3.63) is 66.0 Å². The minimum absolute atomic E-state index is 0.468. The zero-order valence-corrected chi connectivity index (χ0v) is 19.9. The van der Waals surface area contributed by atoms with E-state index >= 15 is 0 Å². The van der Waals surface area contributed by atoms with Crippen molar-refractivity contribution in [1.82, 2.24) is 34.2 Å². The third-order valence-corrected chi connectivity index (χ3v) is 6.20. The van der Waals surface area contributed by atoms with Gasteiger partial charge in [0.05, 0.1) is 18.9 Å². The smallest absolute Gasteiger partial charge is 0.432 e. The highest BCUT2D eigenvalue weighted by Crippen LogP contribution is 2.26. The number of anilines is 1. The molecular weight excluding hydrogens is 460 g/mol. The first-order valence-electron chi connectivity index (χ1n) is 11.6. The van der Waals surface area contributed by atoms with Crippen molar-refractivity contribution >= 4 is 17.6 Å². The first-order valence-corrected chi connectivity index (χ1v) is 11.6. The highest BCUT2D eigenvalue weighted by molar-refractivity contribution is 5.71. The summed E-state index contributed by atoms with van der Waals surface area (Å²) in [6.45, 7) is 6.42. The quantitative estimate of drug-likeness (QED) is 0.413. The van der Waals surface area contributed by atoms with E-state index in [4.69, 9.17) is 19.9 Å². The number of rotatable bonds is 4. The van der Waals surface area contributed by atoms with Crippen LogP contribution in [0.15, 0.2) is 54.7 Å². The average molecular weight is 485 g/mol. The van der Waals surface area contributed by atoms with Crippen molar-refractivity contribution in [2.75, 3.05) is 31.2 Å². The lowest BCUT2D eigenvalue weighted by atomic mass is 10.1. The van der Waals surface area contributed by atoms with Crippen LogP contribution in [-0.2, 0) is 4.74 Å². The molecule has 1 fully saturated rings. The van der Waals surface area contributed by atoms with Gasteiger partial charge in [-0.05, 0) is 32.0 Å². The van der Waals surface area contributed by atoms with Gasteiger partial charge in [0.2, 0.25) is 0 Å². The van der Waals surface area contributed by atoms with Gasteiger partial charge >= 0.3 is 6.09 Å². The van der Waals surface area contributed by atoms with Crippen LogP contribution < -0.4 is 4.90 Å². The lowest BCUT2D eigenvalue weighted by molar-refractivity contribution is 0.122. The Morgan fingerprint density at radius 3 is 2.50 bits per heavy atom. The van der Waals surface area contributed by atoms with Crippen LogP contribution in [0.3, 0.4) is 0 Å². The molecule has 0 atom stereocenters. The van der Waals surface area contributed by atoms with Crippen molar-refractivity contribution < 1.29 is 14.6 Å². The van der Waals surface area contributed by atoms with Crippen LogP contribution in [0.1, 0.15) is 11.3 Å². The number of hydrogen-bond acceptors (Lipinski definition) is 7. The van der Waals surface area contributed by atoms with Gasteiger partial charge in [0.25, 0.3) is 0 Å². The highest BCUT2D eigenvalue weighted by atomic mass is 16.5. The monoisotopic (exact) mass is 484 g/mol. The Morgan fingerprint density at radius 2 is 1.75 bits per heavy atom. The molecule has 182 valence electrons. The fourth-order valence-corrected chi connectivity index (χ4v) is 4.41. The fraction of sp³-hybridized carbons (Fsp3) is 0.240. The summed E-state index contributed by atoms with van der Waals surface area (Å²) in [6.07, 6.45) is 0.759. The molecule has 0 unspecified atom stereocenters. The van der Waals surface area contributed by atoms with E-state index in [9.17, 15) is 9.90 Å². The molecule has 0 aliphatic carbocycles. The zero-order valence-electron chi connectivity index (χ0n) is 19.9.